The van der Waals surface area contributed by atoms with Crippen molar-refractivity contribution in [2.75, 3.05) is 23.9 Å². The first-order valence-corrected chi connectivity index (χ1v) is 7.21. The number of ether oxygens (including phenoxy) is 1. The predicted molar refractivity (Wildman–Crippen MR) is 75.7 cm³/mol. The maximum atomic E-state index is 6.09. The van der Waals surface area contributed by atoms with E-state index in [1.165, 1.54) is 6.42 Å². The summed E-state index contributed by atoms with van der Waals surface area (Å²) >= 11 is 6.09. The Hall–Kier alpha value is -0.960. The number of hydrogen-bond donors (Lipinski definition) is 0. The number of anilines is 1. The molecule has 2 rings (SSSR count). The van der Waals surface area contributed by atoms with Gasteiger partial charge in [-0.2, -0.15) is 0 Å². The van der Waals surface area contributed by atoms with Gasteiger partial charge in [0.15, 0.2) is 11.6 Å². The zero-order valence-electron chi connectivity index (χ0n) is 11.1. The second-order valence-electron chi connectivity index (χ2n) is 4.85. The Morgan fingerprint density at radius 3 is 3.11 bits per heavy atom. The van der Waals surface area contributed by atoms with Crippen LogP contribution in [0.2, 0.25) is 0 Å². The second kappa shape index (κ2) is 6.28. The molecular weight excluding hydrogens is 248 g/mol. The fourth-order valence-electron chi connectivity index (χ4n) is 2.43. The van der Waals surface area contributed by atoms with Gasteiger partial charge in [0.05, 0.1) is 6.61 Å². The van der Waals surface area contributed by atoms with Crippen molar-refractivity contribution in [2.45, 2.75) is 32.7 Å². The number of aromatic nitrogens is 1. The third-order valence-electron chi connectivity index (χ3n) is 3.53. The summed E-state index contributed by atoms with van der Waals surface area (Å²) in [7, 11) is 0. The summed E-state index contributed by atoms with van der Waals surface area (Å²) in [4.78, 5) is 6.78. The molecule has 0 aliphatic carbocycles. The van der Waals surface area contributed by atoms with Gasteiger partial charge in [-0.3, -0.25) is 0 Å². The fraction of sp³-hybridized carbons (Fsp3) is 0.643. The molecule has 0 N–H and O–H groups in total. The normalized spacial score (nSPS) is 23.4. The smallest absolute Gasteiger partial charge is 0.171 e. The van der Waals surface area contributed by atoms with Crippen molar-refractivity contribution in [1.82, 2.24) is 4.98 Å². The zero-order valence-corrected chi connectivity index (χ0v) is 11.9. The Morgan fingerprint density at radius 1 is 1.56 bits per heavy atom. The van der Waals surface area contributed by atoms with Crippen molar-refractivity contribution < 1.29 is 4.74 Å². The minimum absolute atomic E-state index is 0.366. The van der Waals surface area contributed by atoms with E-state index in [4.69, 9.17) is 16.3 Å². The minimum atomic E-state index is 0.366. The Kier molecular flexibility index (Phi) is 4.70. The Bertz CT molecular complexity index is 386. The van der Waals surface area contributed by atoms with Crippen LogP contribution in [0, 0.1) is 5.92 Å². The van der Waals surface area contributed by atoms with Crippen molar-refractivity contribution in [1.29, 1.82) is 0 Å². The number of rotatable bonds is 5. The topological polar surface area (TPSA) is 25.4 Å². The summed E-state index contributed by atoms with van der Waals surface area (Å²) in [5.74, 6) is 3.08. The van der Waals surface area contributed by atoms with Crippen LogP contribution in [0.4, 0.5) is 5.82 Å². The molecule has 2 unspecified atom stereocenters. The molecule has 0 amide bonds. The quantitative estimate of drug-likeness (QED) is 0.766. The third kappa shape index (κ3) is 2.72. The summed E-state index contributed by atoms with van der Waals surface area (Å²) in [5.41, 5.74) is 0. The Labute approximate surface area is 114 Å². The summed E-state index contributed by atoms with van der Waals surface area (Å²) in [6.45, 7) is 6.10. The van der Waals surface area contributed by atoms with Gasteiger partial charge in [0.1, 0.15) is 0 Å². The van der Waals surface area contributed by atoms with Crippen molar-refractivity contribution >= 4 is 17.4 Å². The van der Waals surface area contributed by atoms with Gasteiger partial charge in [-0.1, -0.05) is 13.8 Å². The molecule has 0 radical (unpaired) electrons. The first-order chi connectivity index (χ1) is 8.77. The molecule has 4 heteroatoms. The molecule has 100 valence electrons. The van der Waals surface area contributed by atoms with Crippen molar-refractivity contribution in [3.8, 4) is 5.75 Å². The summed E-state index contributed by atoms with van der Waals surface area (Å²) in [6.07, 6.45) is 3.99. The molecule has 18 heavy (non-hydrogen) atoms. The molecule has 0 aromatic carbocycles. The van der Waals surface area contributed by atoms with Gasteiger partial charge in [0, 0.05) is 24.7 Å². The van der Waals surface area contributed by atoms with Gasteiger partial charge >= 0.3 is 0 Å². The van der Waals surface area contributed by atoms with Crippen LogP contribution in [0.3, 0.4) is 0 Å². The van der Waals surface area contributed by atoms with E-state index in [9.17, 15) is 0 Å². The van der Waals surface area contributed by atoms with Crippen molar-refractivity contribution in [3.63, 3.8) is 0 Å². The third-order valence-corrected chi connectivity index (χ3v) is 3.84. The molecule has 1 aromatic rings. The maximum absolute atomic E-state index is 6.09. The van der Waals surface area contributed by atoms with Gasteiger partial charge in [-0.05, 0) is 30.9 Å². The average molecular weight is 269 g/mol. The molecule has 2 atom stereocenters. The monoisotopic (exact) mass is 268 g/mol. The summed E-state index contributed by atoms with van der Waals surface area (Å²) < 4.78 is 5.78. The molecule has 0 spiro atoms. The van der Waals surface area contributed by atoms with E-state index < -0.39 is 0 Å². The first-order valence-electron chi connectivity index (χ1n) is 6.68. The van der Waals surface area contributed by atoms with E-state index in [0.717, 1.165) is 31.1 Å². The first kappa shape index (κ1) is 13.5. The average Bonchev–Trinajstić information content (AvgIpc) is 2.77. The second-order valence-corrected chi connectivity index (χ2v) is 5.16. The lowest BCUT2D eigenvalue weighted by molar-refractivity contribution is 0.316. The van der Waals surface area contributed by atoms with Crippen molar-refractivity contribution in [3.05, 3.63) is 18.3 Å². The highest BCUT2D eigenvalue weighted by Crippen LogP contribution is 2.34. The predicted octanol–water partition coefficient (Wildman–Crippen LogP) is 3.32. The lowest BCUT2D eigenvalue weighted by atomic mass is 10.1. The maximum Gasteiger partial charge on any atom is 0.171 e. The van der Waals surface area contributed by atoms with Crippen molar-refractivity contribution in [2.24, 2.45) is 5.92 Å². The number of pyridine rings is 1. The van der Waals surface area contributed by atoms with E-state index in [1.54, 1.807) is 0 Å². The molecule has 1 aliphatic heterocycles. The van der Waals surface area contributed by atoms with Gasteiger partial charge < -0.3 is 9.64 Å². The van der Waals surface area contributed by atoms with Crippen LogP contribution in [0.1, 0.15) is 26.7 Å². The molecule has 1 saturated heterocycles. The van der Waals surface area contributed by atoms with Crippen LogP contribution in [-0.2, 0) is 0 Å². The van der Waals surface area contributed by atoms with Gasteiger partial charge in [-0.15, -0.1) is 11.6 Å². The molecule has 2 heterocycles. The standard InChI is InChI=1S/C14H21ClN2O/c1-3-9-18-13-5-4-7-16-14(13)17-8-6-11(2)12(17)10-15/h4-5,7,11-12H,3,6,8-10H2,1-2H3. The highest BCUT2D eigenvalue weighted by atomic mass is 35.5. The van der Waals surface area contributed by atoms with Crippen LogP contribution in [-0.4, -0.2) is 30.1 Å². The Morgan fingerprint density at radius 2 is 2.39 bits per heavy atom. The van der Waals surface area contributed by atoms with Gasteiger partial charge in [0.2, 0.25) is 0 Å². The number of halogens is 1. The molecular formula is C14H21ClN2O. The van der Waals surface area contributed by atoms with Crippen LogP contribution in [0.25, 0.3) is 0 Å². The molecule has 0 saturated carbocycles. The lowest BCUT2D eigenvalue weighted by Crippen LogP contribution is -2.34. The SMILES string of the molecule is CCCOc1cccnc1N1CCC(C)C1CCl. The Balaban J connectivity index is 2.21. The number of alkyl halides is 1. The summed E-state index contributed by atoms with van der Waals surface area (Å²) in [6, 6.07) is 4.28. The van der Waals surface area contributed by atoms with Crippen LogP contribution < -0.4 is 9.64 Å². The minimum Gasteiger partial charge on any atom is -0.490 e. The summed E-state index contributed by atoms with van der Waals surface area (Å²) in [5, 5.41) is 0. The lowest BCUT2D eigenvalue weighted by Gasteiger charge is -2.27. The van der Waals surface area contributed by atoms with Gasteiger partial charge in [-0.25, -0.2) is 4.98 Å². The van der Waals surface area contributed by atoms with E-state index in [2.05, 4.69) is 23.7 Å². The van der Waals surface area contributed by atoms with Gasteiger partial charge in [0.25, 0.3) is 0 Å². The molecule has 1 fully saturated rings. The highest BCUT2D eigenvalue weighted by Gasteiger charge is 2.32. The fourth-order valence-corrected chi connectivity index (χ4v) is 2.90. The highest BCUT2D eigenvalue weighted by molar-refractivity contribution is 6.18. The van der Waals surface area contributed by atoms with E-state index >= 15 is 0 Å². The number of nitrogens with zero attached hydrogens (tertiary/aromatic N) is 2. The van der Waals surface area contributed by atoms with Crippen LogP contribution >= 0.6 is 11.6 Å². The molecule has 1 aliphatic rings. The van der Waals surface area contributed by atoms with Crippen LogP contribution in [0.15, 0.2) is 18.3 Å². The van der Waals surface area contributed by atoms with Crippen LogP contribution in [0.5, 0.6) is 5.75 Å². The zero-order chi connectivity index (χ0) is 13.0. The molecule has 3 nitrogen and oxygen atoms in total. The largest absolute Gasteiger partial charge is 0.490 e. The van der Waals surface area contributed by atoms with E-state index in [0.29, 0.717) is 17.8 Å². The molecule has 0 bridgehead atoms. The van der Waals surface area contributed by atoms with E-state index in [1.807, 2.05) is 18.3 Å². The van der Waals surface area contributed by atoms with E-state index in [-0.39, 0.29) is 0 Å². The number of hydrogen-bond acceptors (Lipinski definition) is 3. The molecule has 1 aromatic heterocycles.